The molecule has 2 aromatic heterocycles. The largest absolute Gasteiger partial charge is 0.384 e. The van der Waals surface area contributed by atoms with Crippen molar-refractivity contribution < 1.29 is 5.11 Å². The Hall–Kier alpha value is -1.88. The Morgan fingerprint density at radius 3 is 2.80 bits per heavy atom. The number of aromatic nitrogens is 3. The number of nitrogens with two attached hydrogens (primary N) is 1. The van der Waals surface area contributed by atoms with E-state index in [0.717, 1.165) is 0 Å². The van der Waals surface area contributed by atoms with Gasteiger partial charge in [-0.3, -0.25) is 9.67 Å². The summed E-state index contributed by atoms with van der Waals surface area (Å²) in [6.07, 6.45) is 4.06. The van der Waals surface area contributed by atoms with Gasteiger partial charge in [0.25, 0.3) is 0 Å². The molecule has 0 saturated carbocycles. The highest BCUT2D eigenvalue weighted by Crippen LogP contribution is 2.24. The van der Waals surface area contributed by atoms with Crippen molar-refractivity contribution in [1.82, 2.24) is 14.8 Å². The molecule has 2 rings (SSSR count). The van der Waals surface area contributed by atoms with Gasteiger partial charge in [-0.2, -0.15) is 5.10 Å². The normalized spacial score (nSPS) is 12.7. The Kier molecular flexibility index (Phi) is 2.39. The summed E-state index contributed by atoms with van der Waals surface area (Å²) in [4.78, 5) is 3.94. The standard InChI is InChI=1S/C10H12N4O/c1-14-10(11)8(6-13-14)9(15)7-3-2-4-12-5-7/h2-6,9,15H,11H2,1H3. The number of aliphatic hydroxyl groups is 1. The van der Waals surface area contributed by atoms with Gasteiger partial charge >= 0.3 is 0 Å². The van der Waals surface area contributed by atoms with Gasteiger partial charge in [0.1, 0.15) is 11.9 Å². The molecule has 0 aliphatic carbocycles. The summed E-state index contributed by atoms with van der Waals surface area (Å²) in [6, 6.07) is 3.56. The fourth-order valence-electron chi connectivity index (χ4n) is 1.39. The van der Waals surface area contributed by atoms with Gasteiger partial charge in [0.15, 0.2) is 0 Å². The zero-order chi connectivity index (χ0) is 10.8. The summed E-state index contributed by atoms with van der Waals surface area (Å²) >= 11 is 0. The molecule has 0 bridgehead atoms. The first-order chi connectivity index (χ1) is 7.20. The molecule has 0 fully saturated rings. The molecule has 5 nitrogen and oxygen atoms in total. The van der Waals surface area contributed by atoms with Crippen molar-refractivity contribution in [3.63, 3.8) is 0 Å². The fourth-order valence-corrected chi connectivity index (χ4v) is 1.39. The van der Waals surface area contributed by atoms with Crippen LogP contribution in [0.4, 0.5) is 5.82 Å². The Balaban J connectivity index is 2.37. The lowest BCUT2D eigenvalue weighted by molar-refractivity contribution is 0.220. The lowest BCUT2D eigenvalue weighted by Crippen LogP contribution is -2.04. The number of aliphatic hydroxyl groups excluding tert-OH is 1. The van der Waals surface area contributed by atoms with E-state index >= 15 is 0 Å². The number of pyridine rings is 1. The van der Waals surface area contributed by atoms with Gasteiger partial charge < -0.3 is 10.8 Å². The van der Waals surface area contributed by atoms with Crippen LogP contribution in [0.5, 0.6) is 0 Å². The summed E-state index contributed by atoms with van der Waals surface area (Å²) < 4.78 is 1.52. The lowest BCUT2D eigenvalue weighted by Gasteiger charge is -2.09. The number of anilines is 1. The lowest BCUT2D eigenvalue weighted by atomic mass is 10.1. The molecule has 5 heteroatoms. The van der Waals surface area contributed by atoms with Crippen LogP contribution in [0.2, 0.25) is 0 Å². The predicted octanol–water partition coefficient (Wildman–Crippen LogP) is 0.479. The van der Waals surface area contributed by atoms with Crippen LogP contribution in [-0.2, 0) is 7.05 Å². The zero-order valence-electron chi connectivity index (χ0n) is 8.33. The van der Waals surface area contributed by atoms with Crippen molar-refractivity contribution in [1.29, 1.82) is 0 Å². The molecule has 0 amide bonds. The van der Waals surface area contributed by atoms with E-state index in [4.69, 9.17) is 5.73 Å². The molecule has 0 spiro atoms. The molecular formula is C10H12N4O. The van der Waals surface area contributed by atoms with Crippen molar-refractivity contribution >= 4 is 5.82 Å². The number of hydrogen-bond donors (Lipinski definition) is 2. The van der Waals surface area contributed by atoms with E-state index in [0.29, 0.717) is 16.9 Å². The van der Waals surface area contributed by atoms with E-state index < -0.39 is 6.10 Å². The summed E-state index contributed by atoms with van der Waals surface area (Å²) in [5.74, 6) is 0.464. The number of rotatable bonds is 2. The van der Waals surface area contributed by atoms with Gasteiger partial charge in [0, 0.05) is 30.6 Å². The highest BCUT2D eigenvalue weighted by molar-refractivity contribution is 5.43. The quantitative estimate of drug-likeness (QED) is 0.745. The van der Waals surface area contributed by atoms with Crippen molar-refractivity contribution in [2.75, 3.05) is 5.73 Å². The molecule has 0 aromatic carbocycles. The SMILES string of the molecule is Cn1ncc(C(O)c2cccnc2)c1N. The van der Waals surface area contributed by atoms with Crippen LogP contribution in [0.25, 0.3) is 0 Å². The first-order valence-corrected chi connectivity index (χ1v) is 4.55. The Morgan fingerprint density at radius 1 is 1.47 bits per heavy atom. The van der Waals surface area contributed by atoms with Crippen LogP contribution in [-0.4, -0.2) is 19.9 Å². The van der Waals surface area contributed by atoms with E-state index in [-0.39, 0.29) is 0 Å². The van der Waals surface area contributed by atoms with E-state index in [1.54, 1.807) is 37.8 Å². The number of aryl methyl sites for hydroxylation is 1. The Morgan fingerprint density at radius 2 is 2.27 bits per heavy atom. The molecule has 0 aliphatic rings. The predicted molar refractivity (Wildman–Crippen MR) is 55.9 cm³/mol. The molecule has 1 unspecified atom stereocenters. The highest BCUT2D eigenvalue weighted by Gasteiger charge is 2.16. The molecule has 78 valence electrons. The minimum atomic E-state index is -0.771. The molecule has 2 heterocycles. The van der Waals surface area contributed by atoms with Gasteiger partial charge in [-0.05, 0) is 6.07 Å². The molecule has 15 heavy (non-hydrogen) atoms. The molecule has 0 aliphatic heterocycles. The second-order valence-corrected chi connectivity index (χ2v) is 3.30. The van der Waals surface area contributed by atoms with Gasteiger partial charge in [-0.15, -0.1) is 0 Å². The molecular weight excluding hydrogens is 192 g/mol. The Bertz CT molecular complexity index is 452. The number of nitrogens with zero attached hydrogens (tertiary/aromatic N) is 3. The third-order valence-electron chi connectivity index (χ3n) is 2.31. The summed E-state index contributed by atoms with van der Waals surface area (Å²) in [5.41, 5.74) is 7.07. The van der Waals surface area contributed by atoms with E-state index in [2.05, 4.69) is 10.1 Å². The molecule has 0 saturated heterocycles. The van der Waals surface area contributed by atoms with E-state index in [1.807, 2.05) is 0 Å². The second kappa shape index (κ2) is 3.70. The maximum Gasteiger partial charge on any atom is 0.127 e. The maximum absolute atomic E-state index is 10.0. The van der Waals surface area contributed by atoms with Crippen LogP contribution in [0.3, 0.4) is 0 Å². The molecule has 0 radical (unpaired) electrons. The van der Waals surface area contributed by atoms with Gasteiger partial charge in [-0.25, -0.2) is 0 Å². The zero-order valence-corrected chi connectivity index (χ0v) is 8.33. The van der Waals surface area contributed by atoms with E-state index in [9.17, 15) is 5.11 Å². The maximum atomic E-state index is 10.0. The molecule has 1 atom stereocenters. The number of nitrogen functional groups attached to an aromatic ring is 1. The fraction of sp³-hybridized carbons (Fsp3) is 0.200. The second-order valence-electron chi connectivity index (χ2n) is 3.30. The van der Waals surface area contributed by atoms with Crippen LogP contribution >= 0.6 is 0 Å². The molecule has 2 aromatic rings. The smallest absolute Gasteiger partial charge is 0.127 e. The number of hydrogen-bond acceptors (Lipinski definition) is 4. The van der Waals surface area contributed by atoms with Crippen molar-refractivity contribution in [3.05, 3.63) is 41.9 Å². The average Bonchev–Trinajstić information content (AvgIpc) is 2.60. The highest BCUT2D eigenvalue weighted by atomic mass is 16.3. The first kappa shape index (κ1) is 9.67. The third kappa shape index (κ3) is 1.69. The summed E-state index contributed by atoms with van der Waals surface area (Å²) in [6.45, 7) is 0. The third-order valence-corrected chi connectivity index (χ3v) is 2.31. The van der Waals surface area contributed by atoms with Crippen molar-refractivity contribution in [3.8, 4) is 0 Å². The monoisotopic (exact) mass is 204 g/mol. The summed E-state index contributed by atoms with van der Waals surface area (Å²) in [5, 5.41) is 14.0. The van der Waals surface area contributed by atoms with Gasteiger partial charge in [-0.1, -0.05) is 6.07 Å². The van der Waals surface area contributed by atoms with Crippen LogP contribution < -0.4 is 5.73 Å². The Labute approximate surface area is 87.2 Å². The van der Waals surface area contributed by atoms with Crippen LogP contribution in [0.15, 0.2) is 30.7 Å². The summed E-state index contributed by atoms with van der Waals surface area (Å²) in [7, 11) is 1.73. The van der Waals surface area contributed by atoms with Gasteiger partial charge in [0.05, 0.1) is 6.20 Å². The average molecular weight is 204 g/mol. The minimum Gasteiger partial charge on any atom is -0.384 e. The minimum absolute atomic E-state index is 0.464. The molecule has 3 N–H and O–H groups in total. The first-order valence-electron chi connectivity index (χ1n) is 4.55. The van der Waals surface area contributed by atoms with Crippen molar-refractivity contribution in [2.24, 2.45) is 7.05 Å². The van der Waals surface area contributed by atoms with Crippen molar-refractivity contribution in [2.45, 2.75) is 6.10 Å². The topological polar surface area (TPSA) is 77.0 Å². The van der Waals surface area contributed by atoms with Crippen LogP contribution in [0.1, 0.15) is 17.2 Å². The van der Waals surface area contributed by atoms with E-state index in [1.165, 1.54) is 4.68 Å². The van der Waals surface area contributed by atoms with Crippen LogP contribution in [0, 0.1) is 0 Å². The van der Waals surface area contributed by atoms with Gasteiger partial charge in [0.2, 0.25) is 0 Å².